The quantitative estimate of drug-likeness (QED) is 0.864. The molecule has 1 amide bonds. The van der Waals surface area contributed by atoms with E-state index in [0.29, 0.717) is 23.1 Å². The van der Waals surface area contributed by atoms with Crippen LogP contribution in [0.1, 0.15) is 24.8 Å². The molecular weight excluding hydrogens is 268 g/mol. The van der Waals surface area contributed by atoms with Crippen LogP contribution in [0.15, 0.2) is 28.9 Å². The minimum absolute atomic E-state index is 0.144. The SMILES string of the molecule is COc1ccc(/C=C2/N=C(C3CCC3)NC2=O)c(OC)c1. The predicted octanol–water partition coefficient (Wildman–Crippen LogP) is 2.37. The Kier molecular flexibility index (Phi) is 3.64. The van der Waals surface area contributed by atoms with E-state index in [1.54, 1.807) is 26.4 Å². The second-order valence-corrected chi connectivity index (χ2v) is 5.22. The molecule has 3 rings (SSSR count). The van der Waals surface area contributed by atoms with Crippen molar-refractivity contribution in [2.75, 3.05) is 14.2 Å². The fourth-order valence-corrected chi connectivity index (χ4v) is 2.45. The van der Waals surface area contributed by atoms with E-state index in [1.165, 1.54) is 6.42 Å². The van der Waals surface area contributed by atoms with Gasteiger partial charge in [0.2, 0.25) is 0 Å². The molecule has 1 N–H and O–H groups in total. The molecule has 2 aliphatic rings. The van der Waals surface area contributed by atoms with Crippen LogP contribution in [0.3, 0.4) is 0 Å². The van der Waals surface area contributed by atoms with Crippen molar-refractivity contribution in [3.8, 4) is 11.5 Å². The Morgan fingerprint density at radius 3 is 2.71 bits per heavy atom. The highest BCUT2D eigenvalue weighted by Gasteiger charge is 2.30. The number of hydrogen-bond donors (Lipinski definition) is 1. The molecule has 1 aromatic rings. The third-order valence-corrected chi connectivity index (χ3v) is 3.94. The van der Waals surface area contributed by atoms with Crippen molar-refractivity contribution in [3.63, 3.8) is 0 Å². The van der Waals surface area contributed by atoms with Gasteiger partial charge >= 0.3 is 0 Å². The van der Waals surface area contributed by atoms with Crippen molar-refractivity contribution >= 4 is 17.8 Å². The molecule has 21 heavy (non-hydrogen) atoms. The smallest absolute Gasteiger partial charge is 0.275 e. The third kappa shape index (κ3) is 2.63. The lowest BCUT2D eigenvalue weighted by molar-refractivity contribution is -0.115. The number of carbonyl (C=O) groups is 1. The first kappa shape index (κ1) is 13.7. The van der Waals surface area contributed by atoms with Crippen LogP contribution in [0.25, 0.3) is 6.08 Å². The largest absolute Gasteiger partial charge is 0.497 e. The predicted molar refractivity (Wildman–Crippen MR) is 80.4 cm³/mol. The number of hydrogen-bond acceptors (Lipinski definition) is 4. The first-order valence-electron chi connectivity index (χ1n) is 7.05. The summed E-state index contributed by atoms with van der Waals surface area (Å²) in [4.78, 5) is 16.4. The zero-order valence-corrected chi connectivity index (χ0v) is 12.2. The molecule has 0 aromatic heterocycles. The zero-order chi connectivity index (χ0) is 14.8. The number of amides is 1. The van der Waals surface area contributed by atoms with E-state index in [4.69, 9.17) is 9.47 Å². The molecular formula is C16H18N2O3. The van der Waals surface area contributed by atoms with Crippen LogP contribution < -0.4 is 14.8 Å². The van der Waals surface area contributed by atoms with Crippen LogP contribution in [0.2, 0.25) is 0 Å². The van der Waals surface area contributed by atoms with Crippen LogP contribution in [0.4, 0.5) is 0 Å². The first-order chi connectivity index (χ1) is 10.2. The minimum Gasteiger partial charge on any atom is -0.497 e. The van der Waals surface area contributed by atoms with Crippen molar-refractivity contribution in [1.29, 1.82) is 0 Å². The number of amidine groups is 1. The van der Waals surface area contributed by atoms with E-state index in [-0.39, 0.29) is 5.91 Å². The van der Waals surface area contributed by atoms with Crippen LogP contribution in [-0.2, 0) is 4.79 Å². The van der Waals surface area contributed by atoms with Gasteiger partial charge in [-0.3, -0.25) is 4.79 Å². The lowest BCUT2D eigenvalue weighted by Crippen LogP contribution is -2.33. The van der Waals surface area contributed by atoms with Crippen LogP contribution in [0.5, 0.6) is 11.5 Å². The Morgan fingerprint density at radius 2 is 2.10 bits per heavy atom. The Balaban J connectivity index is 1.90. The molecule has 110 valence electrons. The molecule has 0 bridgehead atoms. The number of rotatable bonds is 4. The fourth-order valence-electron chi connectivity index (χ4n) is 2.45. The van der Waals surface area contributed by atoms with E-state index in [9.17, 15) is 4.79 Å². The highest BCUT2D eigenvalue weighted by Crippen LogP contribution is 2.31. The molecule has 0 radical (unpaired) electrons. The average molecular weight is 286 g/mol. The van der Waals surface area contributed by atoms with Gasteiger partial charge in [0.05, 0.1) is 14.2 Å². The van der Waals surface area contributed by atoms with Gasteiger partial charge in [-0.2, -0.15) is 0 Å². The average Bonchev–Trinajstić information content (AvgIpc) is 2.78. The van der Waals surface area contributed by atoms with Gasteiger partial charge in [0.15, 0.2) is 0 Å². The van der Waals surface area contributed by atoms with Crippen LogP contribution in [0, 0.1) is 5.92 Å². The van der Waals surface area contributed by atoms with E-state index in [0.717, 1.165) is 24.2 Å². The molecule has 0 atom stereocenters. The van der Waals surface area contributed by atoms with Crippen LogP contribution >= 0.6 is 0 Å². The topological polar surface area (TPSA) is 59.9 Å². The van der Waals surface area contributed by atoms with E-state index in [2.05, 4.69) is 10.3 Å². The molecule has 0 spiro atoms. The number of aliphatic imine (C=N–C) groups is 1. The van der Waals surface area contributed by atoms with Crippen molar-refractivity contribution < 1.29 is 14.3 Å². The highest BCUT2D eigenvalue weighted by molar-refractivity contribution is 6.15. The normalized spacial score (nSPS) is 20.0. The summed E-state index contributed by atoms with van der Waals surface area (Å²) in [5, 5.41) is 2.86. The Hall–Kier alpha value is -2.30. The number of nitrogens with one attached hydrogen (secondary N) is 1. The van der Waals surface area contributed by atoms with E-state index < -0.39 is 0 Å². The van der Waals surface area contributed by atoms with Gasteiger partial charge in [-0.1, -0.05) is 6.42 Å². The van der Waals surface area contributed by atoms with Gasteiger partial charge in [-0.15, -0.1) is 0 Å². The second kappa shape index (κ2) is 5.60. The summed E-state index contributed by atoms with van der Waals surface area (Å²) in [5.41, 5.74) is 1.24. The summed E-state index contributed by atoms with van der Waals surface area (Å²) < 4.78 is 10.5. The third-order valence-electron chi connectivity index (χ3n) is 3.94. The minimum atomic E-state index is -0.144. The number of benzene rings is 1. The van der Waals surface area contributed by atoms with E-state index in [1.807, 2.05) is 12.1 Å². The standard InChI is InChI=1S/C16H18N2O3/c1-20-12-7-6-11(14(9-12)21-2)8-13-16(19)18-15(17-13)10-4-3-5-10/h6-10H,3-5H2,1-2H3,(H,17,18,19)/b13-8+. The summed E-state index contributed by atoms with van der Waals surface area (Å²) in [6.45, 7) is 0. The summed E-state index contributed by atoms with van der Waals surface area (Å²) in [6.07, 6.45) is 5.18. The molecule has 1 fully saturated rings. The number of ether oxygens (including phenoxy) is 2. The van der Waals surface area contributed by atoms with E-state index >= 15 is 0 Å². The first-order valence-corrected chi connectivity index (χ1v) is 7.05. The number of carbonyl (C=O) groups excluding carboxylic acids is 1. The monoisotopic (exact) mass is 286 g/mol. The Morgan fingerprint density at radius 1 is 1.29 bits per heavy atom. The van der Waals surface area contributed by atoms with Crippen molar-refractivity contribution in [3.05, 3.63) is 29.5 Å². The zero-order valence-electron chi connectivity index (χ0n) is 12.2. The molecule has 5 heteroatoms. The van der Waals surface area contributed by atoms with Crippen LogP contribution in [-0.4, -0.2) is 26.0 Å². The lowest BCUT2D eigenvalue weighted by atomic mass is 9.84. The molecule has 0 unspecified atom stereocenters. The summed E-state index contributed by atoms with van der Waals surface area (Å²) >= 11 is 0. The molecule has 1 heterocycles. The van der Waals surface area contributed by atoms with Crippen molar-refractivity contribution in [2.45, 2.75) is 19.3 Å². The maximum absolute atomic E-state index is 12.0. The van der Waals surface area contributed by atoms with Gasteiger partial charge in [0.1, 0.15) is 23.0 Å². The summed E-state index contributed by atoms with van der Waals surface area (Å²) in [6, 6.07) is 5.48. The molecule has 5 nitrogen and oxygen atoms in total. The van der Waals surface area contributed by atoms with Crippen molar-refractivity contribution in [2.24, 2.45) is 10.9 Å². The maximum Gasteiger partial charge on any atom is 0.275 e. The van der Waals surface area contributed by atoms with Gasteiger partial charge in [-0.05, 0) is 31.1 Å². The lowest BCUT2D eigenvalue weighted by Gasteiger charge is -2.24. The molecule has 0 saturated heterocycles. The second-order valence-electron chi connectivity index (χ2n) is 5.22. The van der Waals surface area contributed by atoms with Crippen molar-refractivity contribution in [1.82, 2.24) is 5.32 Å². The van der Waals surface area contributed by atoms with Gasteiger partial charge < -0.3 is 14.8 Å². The highest BCUT2D eigenvalue weighted by atomic mass is 16.5. The van der Waals surface area contributed by atoms with Gasteiger partial charge in [0.25, 0.3) is 5.91 Å². The Bertz CT molecular complexity index is 630. The molecule has 1 saturated carbocycles. The molecule has 1 aliphatic carbocycles. The van der Waals surface area contributed by atoms with Gasteiger partial charge in [0, 0.05) is 17.5 Å². The fraction of sp³-hybridized carbons (Fsp3) is 0.375. The molecule has 1 aromatic carbocycles. The maximum atomic E-state index is 12.0. The Labute approximate surface area is 123 Å². The summed E-state index contributed by atoms with van der Waals surface area (Å²) in [7, 11) is 3.20. The molecule has 1 aliphatic heterocycles. The number of methoxy groups -OCH3 is 2. The van der Waals surface area contributed by atoms with Gasteiger partial charge in [-0.25, -0.2) is 4.99 Å². The number of nitrogens with zero attached hydrogens (tertiary/aromatic N) is 1. The summed E-state index contributed by atoms with van der Waals surface area (Å²) in [5.74, 6) is 2.45.